The highest BCUT2D eigenvalue weighted by Crippen LogP contribution is 2.73. The molecule has 44 heavy (non-hydrogen) atoms. The van der Waals surface area contributed by atoms with E-state index in [4.69, 9.17) is 4.74 Å². The topological polar surface area (TPSA) is 104 Å². The fraction of sp³-hybridized carbons (Fsp3) is 0.865. The molecule has 11 unspecified atom stereocenters. The second kappa shape index (κ2) is 10.8. The number of ketones is 1. The molecule has 0 bridgehead atoms. The zero-order chi connectivity index (χ0) is 32.0. The Kier molecular flexibility index (Phi) is 7.80. The maximum absolute atomic E-state index is 13.5. The second-order valence-corrected chi connectivity index (χ2v) is 17.4. The van der Waals surface area contributed by atoms with Gasteiger partial charge in [-0.3, -0.25) is 19.7 Å². The number of nitro groups is 1. The van der Waals surface area contributed by atoms with Crippen molar-refractivity contribution in [3.8, 4) is 0 Å². The van der Waals surface area contributed by atoms with Gasteiger partial charge < -0.3 is 9.53 Å². The standard InChI is InChI=1S/C37H55NO6/c1-21(2)31-27(40)19-37(16-17-38(42)43)15-10-26-24(32(31)37)8-9-29-35(26,6)13-11-28-34(4,5)30(12-14-36(28,29)7)44-33(41)25-18-23(20-39)22(25)3/h20-26,28-30H,8-19H2,1-7H3. The van der Waals surface area contributed by atoms with Crippen molar-refractivity contribution in [1.29, 1.82) is 0 Å². The van der Waals surface area contributed by atoms with Crippen molar-refractivity contribution in [1.82, 2.24) is 0 Å². The molecule has 0 radical (unpaired) electrons. The lowest BCUT2D eigenvalue weighted by Crippen LogP contribution is -2.63. The number of nitrogens with zero attached hydrogens (tertiary/aromatic N) is 1. The Morgan fingerprint density at radius 3 is 2.36 bits per heavy atom. The first-order valence-corrected chi connectivity index (χ1v) is 17.7. The van der Waals surface area contributed by atoms with E-state index in [1.165, 1.54) is 5.57 Å². The first-order valence-electron chi connectivity index (χ1n) is 17.7. The number of fused-ring (bicyclic) bond motifs is 7. The summed E-state index contributed by atoms with van der Waals surface area (Å²) >= 11 is 0. The van der Waals surface area contributed by atoms with Gasteiger partial charge in [-0.25, -0.2) is 0 Å². The number of carbonyl (C=O) groups is 3. The molecule has 6 rings (SSSR count). The van der Waals surface area contributed by atoms with Gasteiger partial charge in [0.1, 0.15) is 12.4 Å². The van der Waals surface area contributed by atoms with Crippen LogP contribution in [-0.4, -0.2) is 35.6 Å². The van der Waals surface area contributed by atoms with Gasteiger partial charge in [0.2, 0.25) is 6.54 Å². The molecule has 5 fully saturated rings. The van der Waals surface area contributed by atoms with Crippen molar-refractivity contribution in [2.45, 2.75) is 125 Å². The van der Waals surface area contributed by atoms with Gasteiger partial charge in [-0.05, 0) is 110 Å². The minimum atomic E-state index is -0.317. The quantitative estimate of drug-likeness (QED) is 0.127. The first kappa shape index (κ1) is 31.9. The Morgan fingerprint density at radius 1 is 1.02 bits per heavy atom. The zero-order valence-electron chi connectivity index (χ0n) is 28.2. The summed E-state index contributed by atoms with van der Waals surface area (Å²) in [5.74, 6) is 2.06. The predicted octanol–water partition coefficient (Wildman–Crippen LogP) is 7.63. The smallest absolute Gasteiger partial charge is 0.309 e. The number of aldehydes is 1. The maximum Gasteiger partial charge on any atom is 0.309 e. The van der Waals surface area contributed by atoms with Crippen molar-refractivity contribution in [3.63, 3.8) is 0 Å². The van der Waals surface area contributed by atoms with Crippen molar-refractivity contribution < 1.29 is 24.0 Å². The molecule has 7 nitrogen and oxygen atoms in total. The molecule has 6 aliphatic rings. The predicted molar refractivity (Wildman–Crippen MR) is 168 cm³/mol. The molecule has 0 heterocycles. The van der Waals surface area contributed by atoms with Gasteiger partial charge in [0.15, 0.2) is 5.78 Å². The molecular formula is C37H55NO6. The number of hydrogen-bond donors (Lipinski definition) is 0. The highest BCUT2D eigenvalue weighted by molar-refractivity contribution is 6.00. The Hall–Kier alpha value is -2.05. The SMILES string of the molecule is CC(C)C1=C2C3CCC4C(C)(CCC5C(C)(C)C(OC(=O)C6CC(C=O)C6C)CCC54C)C3CCC2(CC[N+](=O)[O-])CC1=O. The number of hydrogen-bond acceptors (Lipinski definition) is 6. The molecule has 0 spiro atoms. The number of allylic oxidation sites excluding steroid dienone is 2. The monoisotopic (exact) mass is 609 g/mol. The second-order valence-electron chi connectivity index (χ2n) is 17.4. The summed E-state index contributed by atoms with van der Waals surface area (Å²) in [6.45, 7) is 15.9. The molecule has 6 aliphatic carbocycles. The molecule has 0 saturated heterocycles. The van der Waals surface area contributed by atoms with Crippen LogP contribution in [0, 0.1) is 79.1 Å². The number of carbonyl (C=O) groups excluding carboxylic acids is 3. The summed E-state index contributed by atoms with van der Waals surface area (Å²) in [7, 11) is 0. The van der Waals surface area contributed by atoms with E-state index in [2.05, 4.69) is 41.5 Å². The normalized spacial score (nSPS) is 45.9. The van der Waals surface area contributed by atoms with E-state index >= 15 is 0 Å². The van der Waals surface area contributed by atoms with Crippen LogP contribution in [0.15, 0.2) is 11.1 Å². The molecule has 7 heteroatoms. The minimum Gasteiger partial charge on any atom is -0.462 e. The molecule has 0 amide bonds. The minimum absolute atomic E-state index is 0.0193. The van der Waals surface area contributed by atoms with Crippen molar-refractivity contribution in [2.75, 3.05) is 6.54 Å². The van der Waals surface area contributed by atoms with Gasteiger partial charge in [-0.15, -0.1) is 0 Å². The third-order valence-electron chi connectivity index (χ3n) is 15.0. The van der Waals surface area contributed by atoms with Gasteiger partial charge in [-0.2, -0.15) is 0 Å². The molecule has 0 aromatic carbocycles. The molecule has 0 aromatic heterocycles. The Morgan fingerprint density at radius 2 is 1.73 bits per heavy atom. The van der Waals surface area contributed by atoms with Crippen molar-refractivity contribution in [2.24, 2.45) is 69.0 Å². The van der Waals surface area contributed by atoms with Crippen LogP contribution in [0.2, 0.25) is 0 Å². The lowest BCUT2D eigenvalue weighted by atomic mass is 9.36. The van der Waals surface area contributed by atoms with E-state index < -0.39 is 0 Å². The number of esters is 1. The third kappa shape index (κ3) is 4.51. The van der Waals surface area contributed by atoms with E-state index in [0.717, 1.165) is 63.2 Å². The zero-order valence-corrected chi connectivity index (χ0v) is 28.2. The Bertz CT molecular complexity index is 1270. The van der Waals surface area contributed by atoms with Crippen LogP contribution in [0.25, 0.3) is 0 Å². The number of Topliss-reactive ketones (excluding diaryl/α,β-unsaturated/α-hetero) is 1. The summed E-state index contributed by atoms with van der Waals surface area (Å²) < 4.78 is 6.32. The molecule has 0 aromatic rings. The molecule has 11 atom stereocenters. The molecule has 5 saturated carbocycles. The fourth-order valence-electron chi connectivity index (χ4n) is 12.8. The average molecular weight is 610 g/mol. The lowest BCUT2D eigenvalue weighted by molar-refractivity contribution is -0.482. The van der Waals surface area contributed by atoms with E-state index in [1.54, 1.807) is 0 Å². The van der Waals surface area contributed by atoms with Gasteiger partial charge in [0.25, 0.3) is 0 Å². The summed E-state index contributed by atoms with van der Waals surface area (Å²) in [5, 5.41) is 11.5. The van der Waals surface area contributed by atoms with E-state index in [0.29, 0.717) is 42.9 Å². The van der Waals surface area contributed by atoms with Crippen molar-refractivity contribution in [3.05, 3.63) is 21.3 Å². The van der Waals surface area contributed by atoms with Gasteiger partial charge in [0.05, 0.1) is 5.92 Å². The Balaban J connectivity index is 1.25. The van der Waals surface area contributed by atoms with E-state index in [9.17, 15) is 24.5 Å². The summed E-state index contributed by atoms with van der Waals surface area (Å²) in [6, 6.07) is 0. The Labute approximate surface area is 263 Å². The number of rotatable bonds is 7. The molecular weight excluding hydrogens is 554 g/mol. The van der Waals surface area contributed by atoms with Crippen LogP contribution in [0.5, 0.6) is 0 Å². The van der Waals surface area contributed by atoms with Crippen LogP contribution in [0.1, 0.15) is 119 Å². The van der Waals surface area contributed by atoms with Gasteiger partial charge in [-0.1, -0.05) is 54.0 Å². The number of ether oxygens (including phenoxy) is 1. The largest absolute Gasteiger partial charge is 0.462 e. The third-order valence-corrected chi connectivity index (χ3v) is 15.0. The van der Waals surface area contributed by atoms with Crippen LogP contribution in [-0.2, 0) is 19.1 Å². The maximum atomic E-state index is 13.5. The molecule has 0 aliphatic heterocycles. The highest BCUT2D eigenvalue weighted by atomic mass is 16.6. The lowest BCUT2D eigenvalue weighted by Gasteiger charge is -2.69. The van der Waals surface area contributed by atoms with Gasteiger partial charge in [0, 0.05) is 34.5 Å². The summed E-state index contributed by atoms with van der Waals surface area (Å²) in [6.07, 6.45) is 10.8. The summed E-state index contributed by atoms with van der Waals surface area (Å²) in [5.41, 5.74) is 2.21. The molecule has 244 valence electrons. The van der Waals surface area contributed by atoms with Crippen LogP contribution >= 0.6 is 0 Å². The van der Waals surface area contributed by atoms with Crippen LogP contribution < -0.4 is 0 Å². The first-order chi connectivity index (χ1) is 20.6. The van der Waals surface area contributed by atoms with E-state index in [-0.39, 0.29) is 74.7 Å². The fourth-order valence-corrected chi connectivity index (χ4v) is 12.8. The highest BCUT2D eigenvalue weighted by Gasteiger charge is 2.66. The van der Waals surface area contributed by atoms with Crippen molar-refractivity contribution >= 4 is 18.0 Å². The van der Waals surface area contributed by atoms with Crippen LogP contribution in [0.4, 0.5) is 0 Å². The summed E-state index contributed by atoms with van der Waals surface area (Å²) in [4.78, 5) is 49.3. The van der Waals surface area contributed by atoms with E-state index in [1.807, 2.05) is 6.92 Å². The van der Waals surface area contributed by atoms with Gasteiger partial charge >= 0.3 is 5.97 Å². The molecule has 0 N–H and O–H groups in total. The van der Waals surface area contributed by atoms with Crippen LogP contribution in [0.3, 0.4) is 0 Å². The average Bonchev–Trinajstić information content (AvgIpc) is 3.25.